The van der Waals surface area contributed by atoms with Crippen LogP contribution in [0, 0.1) is 23.2 Å². The second kappa shape index (κ2) is 9.06. The molecule has 1 saturated heterocycles. The van der Waals surface area contributed by atoms with Crippen LogP contribution in [0.2, 0.25) is 0 Å². The van der Waals surface area contributed by atoms with Crippen molar-refractivity contribution in [3.05, 3.63) is 30.1 Å². The third-order valence-electron chi connectivity index (χ3n) is 5.52. The van der Waals surface area contributed by atoms with Gasteiger partial charge < -0.3 is 4.90 Å². The van der Waals surface area contributed by atoms with E-state index in [9.17, 15) is 18.5 Å². The van der Waals surface area contributed by atoms with Crippen LogP contribution in [-0.4, -0.2) is 61.4 Å². The molecule has 0 amide bonds. The van der Waals surface area contributed by atoms with E-state index >= 15 is 0 Å². The molecule has 3 rings (SSSR count). The molecule has 2 aromatic rings. The summed E-state index contributed by atoms with van der Waals surface area (Å²) >= 11 is 0. The molecule has 1 aromatic carbocycles. The lowest BCUT2D eigenvalue weighted by Crippen LogP contribution is -2.40. The number of rotatable bonds is 7. The Kier molecular flexibility index (Phi) is 6.68. The van der Waals surface area contributed by atoms with E-state index in [1.54, 1.807) is 18.5 Å². The van der Waals surface area contributed by atoms with Crippen LogP contribution in [0.3, 0.4) is 0 Å². The fraction of sp³-hybridized carbons (Fsp3) is 0.524. The summed E-state index contributed by atoms with van der Waals surface area (Å²) in [7, 11) is -0.414. The number of carbonyl (C=O) groups excluding carboxylic acids is 1. The molecule has 0 aliphatic carbocycles. The Morgan fingerprint density at radius 2 is 1.93 bits per heavy atom. The van der Waals surface area contributed by atoms with Crippen molar-refractivity contribution in [2.75, 3.05) is 37.8 Å². The molecule has 2 atom stereocenters. The maximum atomic E-state index is 12.5. The second-order valence-electron chi connectivity index (χ2n) is 8.20. The first-order chi connectivity index (χ1) is 14.2. The average Bonchev–Trinajstić information content (AvgIpc) is 2.71. The fourth-order valence-corrected chi connectivity index (χ4v) is 4.91. The number of ketones is 1. The van der Waals surface area contributed by atoms with Gasteiger partial charge in [0.1, 0.15) is 22.9 Å². The highest BCUT2D eigenvalue weighted by Crippen LogP contribution is 2.33. The second-order valence-corrected chi connectivity index (χ2v) is 10.5. The van der Waals surface area contributed by atoms with Crippen LogP contribution in [-0.2, 0) is 14.8 Å². The Morgan fingerprint density at radius 3 is 2.60 bits per heavy atom. The molecule has 2 heterocycles. The molecule has 1 aromatic heterocycles. The first-order valence-corrected chi connectivity index (χ1v) is 11.6. The Bertz CT molecular complexity index is 1080. The monoisotopic (exact) mass is 429 g/mol. The lowest BCUT2D eigenvalue weighted by Gasteiger charge is -2.38. The SMILES string of the molecule is C[C@H]1C[C@@H](CC(=O)CCS(=O)(=O)N(C)C)CN(c2ccc(C#N)c3nccnc23)C1. The zero-order valence-electron chi connectivity index (χ0n) is 17.6. The van der Waals surface area contributed by atoms with E-state index < -0.39 is 10.0 Å². The summed E-state index contributed by atoms with van der Waals surface area (Å²) in [5.41, 5.74) is 2.67. The van der Waals surface area contributed by atoms with Gasteiger partial charge >= 0.3 is 0 Å². The van der Waals surface area contributed by atoms with Gasteiger partial charge in [0.25, 0.3) is 0 Å². The molecular formula is C21H27N5O3S. The third kappa shape index (κ3) is 4.94. The van der Waals surface area contributed by atoms with Crippen molar-refractivity contribution in [2.24, 2.45) is 11.8 Å². The Balaban J connectivity index is 1.74. The van der Waals surface area contributed by atoms with Crippen molar-refractivity contribution in [3.8, 4) is 6.07 Å². The van der Waals surface area contributed by atoms with Crippen LogP contribution in [0.5, 0.6) is 0 Å². The molecule has 1 aliphatic heterocycles. The Labute approximate surface area is 177 Å². The maximum absolute atomic E-state index is 12.5. The number of Topliss-reactive ketones (excluding diaryl/α,β-unsaturated/α-hetero) is 1. The van der Waals surface area contributed by atoms with E-state index in [0.717, 1.165) is 23.0 Å². The summed E-state index contributed by atoms with van der Waals surface area (Å²) < 4.78 is 25.0. The Morgan fingerprint density at radius 1 is 1.23 bits per heavy atom. The van der Waals surface area contributed by atoms with Crippen LogP contribution < -0.4 is 4.90 Å². The number of nitrogens with zero attached hydrogens (tertiary/aromatic N) is 5. The molecule has 30 heavy (non-hydrogen) atoms. The molecule has 0 N–H and O–H groups in total. The number of sulfonamides is 1. The van der Waals surface area contributed by atoms with E-state index in [1.807, 2.05) is 6.07 Å². The number of benzene rings is 1. The van der Waals surface area contributed by atoms with Gasteiger partial charge in [-0.25, -0.2) is 12.7 Å². The van der Waals surface area contributed by atoms with Crippen molar-refractivity contribution in [1.82, 2.24) is 14.3 Å². The first kappa shape index (κ1) is 22.1. The number of piperidine rings is 1. The van der Waals surface area contributed by atoms with Crippen molar-refractivity contribution in [2.45, 2.75) is 26.2 Å². The standard InChI is InChI=1S/C21H27N5O3S/c1-15-10-16(11-18(27)6-9-30(28,29)25(2)3)14-26(13-15)19-5-4-17(12-22)20-21(19)24-8-7-23-20/h4-5,7-8,15-16H,6,9-11,13-14H2,1-3H3/t15-,16-/m0/s1. The van der Waals surface area contributed by atoms with E-state index in [0.29, 0.717) is 35.5 Å². The van der Waals surface area contributed by atoms with Crippen LogP contribution in [0.4, 0.5) is 5.69 Å². The van der Waals surface area contributed by atoms with Crippen LogP contribution in [0.15, 0.2) is 24.5 Å². The summed E-state index contributed by atoms with van der Waals surface area (Å²) in [6.07, 6.45) is 4.52. The van der Waals surface area contributed by atoms with Gasteiger partial charge in [-0.05, 0) is 30.4 Å². The van der Waals surface area contributed by atoms with Gasteiger partial charge in [-0.15, -0.1) is 0 Å². The molecule has 160 valence electrons. The lowest BCUT2D eigenvalue weighted by atomic mass is 9.86. The summed E-state index contributed by atoms with van der Waals surface area (Å²) in [5, 5.41) is 9.35. The topological polar surface area (TPSA) is 107 Å². The zero-order chi connectivity index (χ0) is 21.9. The quantitative estimate of drug-likeness (QED) is 0.664. The minimum atomic E-state index is -3.37. The molecule has 0 spiro atoms. The molecule has 1 fully saturated rings. The highest BCUT2D eigenvalue weighted by atomic mass is 32.2. The third-order valence-corrected chi connectivity index (χ3v) is 7.36. The Hall–Kier alpha value is -2.57. The van der Waals surface area contributed by atoms with Crippen LogP contribution in [0.1, 0.15) is 31.7 Å². The largest absolute Gasteiger partial charge is 0.369 e. The summed E-state index contributed by atoms with van der Waals surface area (Å²) in [6, 6.07) is 5.82. The van der Waals surface area contributed by atoms with E-state index in [-0.39, 0.29) is 23.9 Å². The number of hydrogen-bond donors (Lipinski definition) is 0. The predicted octanol–water partition coefficient (Wildman–Crippen LogP) is 2.20. The molecule has 0 saturated carbocycles. The number of carbonyl (C=O) groups is 1. The number of aromatic nitrogens is 2. The van der Waals surface area contributed by atoms with E-state index in [4.69, 9.17) is 0 Å². The maximum Gasteiger partial charge on any atom is 0.214 e. The molecular weight excluding hydrogens is 402 g/mol. The summed E-state index contributed by atoms with van der Waals surface area (Å²) in [4.78, 5) is 23.5. The van der Waals surface area contributed by atoms with Crippen molar-refractivity contribution < 1.29 is 13.2 Å². The van der Waals surface area contributed by atoms with Gasteiger partial charge in [-0.1, -0.05) is 6.92 Å². The number of hydrogen-bond acceptors (Lipinski definition) is 7. The molecule has 0 radical (unpaired) electrons. The molecule has 8 nitrogen and oxygen atoms in total. The van der Waals surface area contributed by atoms with Crippen molar-refractivity contribution in [3.63, 3.8) is 0 Å². The molecule has 1 aliphatic rings. The van der Waals surface area contributed by atoms with Gasteiger partial charge in [-0.2, -0.15) is 5.26 Å². The highest BCUT2D eigenvalue weighted by molar-refractivity contribution is 7.89. The summed E-state index contributed by atoms with van der Waals surface area (Å²) in [6.45, 7) is 3.67. The van der Waals surface area contributed by atoms with Crippen LogP contribution >= 0.6 is 0 Å². The molecule has 0 unspecified atom stereocenters. The van der Waals surface area contributed by atoms with Gasteiger partial charge in [0, 0.05) is 52.4 Å². The highest BCUT2D eigenvalue weighted by Gasteiger charge is 2.28. The van der Waals surface area contributed by atoms with Crippen molar-refractivity contribution in [1.29, 1.82) is 5.26 Å². The predicted molar refractivity (Wildman–Crippen MR) is 115 cm³/mol. The van der Waals surface area contributed by atoms with Crippen molar-refractivity contribution >= 4 is 32.5 Å². The van der Waals surface area contributed by atoms with Gasteiger partial charge in [0.15, 0.2) is 0 Å². The first-order valence-electron chi connectivity index (χ1n) is 10.0. The van der Waals surface area contributed by atoms with Gasteiger partial charge in [0.05, 0.1) is 17.0 Å². The minimum Gasteiger partial charge on any atom is -0.369 e. The minimum absolute atomic E-state index is 0.0241. The normalized spacial score (nSPS) is 19.8. The smallest absolute Gasteiger partial charge is 0.214 e. The lowest BCUT2D eigenvalue weighted by molar-refractivity contribution is -0.119. The van der Waals surface area contributed by atoms with Gasteiger partial charge in [0.2, 0.25) is 10.0 Å². The summed E-state index contributed by atoms with van der Waals surface area (Å²) in [5.74, 6) is 0.347. The number of fused-ring (bicyclic) bond motifs is 1. The zero-order valence-corrected chi connectivity index (χ0v) is 18.4. The van der Waals surface area contributed by atoms with E-state index in [1.165, 1.54) is 14.1 Å². The van der Waals surface area contributed by atoms with E-state index in [2.05, 4.69) is 27.9 Å². The fourth-order valence-electron chi connectivity index (χ4n) is 4.06. The number of anilines is 1. The number of nitriles is 1. The van der Waals surface area contributed by atoms with Gasteiger partial charge in [-0.3, -0.25) is 14.8 Å². The molecule has 0 bridgehead atoms. The average molecular weight is 430 g/mol. The molecule has 9 heteroatoms. The van der Waals surface area contributed by atoms with Crippen LogP contribution in [0.25, 0.3) is 11.0 Å².